The monoisotopic (exact) mass is 365 g/mol. The molecular weight excluding hydrogens is 338 g/mol. The van der Waals surface area contributed by atoms with Crippen LogP contribution in [0.2, 0.25) is 0 Å². The lowest BCUT2D eigenvalue weighted by atomic mass is 9.90. The highest BCUT2D eigenvalue weighted by Crippen LogP contribution is 2.24. The van der Waals surface area contributed by atoms with E-state index in [1.54, 1.807) is 0 Å². The summed E-state index contributed by atoms with van der Waals surface area (Å²) in [7, 11) is -3.19. The number of rotatable bonds is 4. The van der Waals surface area contributed by atoms with Gasteiger partial charge in [-0.05, 0) is 55.8 Å². The minimum absolute atomic E-state index is 0.0448. The standard InChI is InChI=1S/C18H27N3O3S/c1-25(23,24)20-17-7-10-21(11-8-17)18(22)15-5-2-4-14(12-15)16-6-3-9-19-13-16/h2,4-5,12,16-17,19-20H,3,6-11,13H2,1H3. The molecule has 7 heteroatoms. The fraction of sp³-hybridized carbons (Fsp3) is 0.611. The highest BCUT2D eigenvalue weighted by Gasteiger charge is 2.25. The van der Waals surface area contributed by atoms with E-state index in [1.807, 2.05) is 23.1 Å². The Balaban J connectivity index is 1.62. The Morgan fingerprint density at radius 2 is 2.00 bits per heavy atom. The summed E-state index contributed by atoms with van der Waals surface area (Å²) in [6, 6.07) is 7.91. The first-order valence-corrected chi connectivity index (χ1v) is 10.9. The minimum atomic E-state index is -3.19. The smallest absolute Gasteiger partial charge is 0.253 e. The van der Waals surface area contributed by atoms with Gasteiger partial charge >= 0.3 is 0 Å². The molecule has 0 aromatic heterocycles. The molecule has 0 saturated carbocycles. The molecule has 138 valence electrons. The minimum Gasteiger partial charge on any atom is -0.339 e. The van der Waals surface area contributed by atoms with E-state index in [4.69, 9.17) is 0 Å². The SMILES string of the molecule is CS(=O)(=O)NC1CCN(C(=O)c2cccc(C3CCCNC3)c2)CC1. The van der Waals surface area contributed by atoms with E-state index in [9.17, 15) is 13.2 Å². The van der Waals surface area contributed by atoms with Crippen LogP contribution < -0.4 is 10.0 Å². The van der Waals surface area contributed by atoms with Crippen LogP contribution in [0.3, 0.4) is 0 Å². The van der Waals surface area contributed by atoms with Crippen molar-refractivity contribution in [2.45, 2.75) is 37.6 Å². The molecule has 1 aromatic rings. The molecule has 2 fully saturated rings. The highest BCUT2D eigenvalue weighted by molar-refractivity contribution is 7.88. The van der Waals surface area contributed by atoms with Crippen LogP contribution in [0.1, 0.15) is 47.5 Å². The van der Waals surface area contributed by atoms with Crippen LogP contribution in [-0.2, 0) is 10.0 Å². The van der Waals surface area contributed by atoms with Crippen LogP contribution in [0.15, 0.2) is 24.3 Å². The second kappa shape index (κ2) is 7.85. The van der Waals surface area contributed by atoms with Crippen LogP contribution in [0.25, 0.3) is 0 Å². The number of amides is 1. The Hall–Kier alpha value is -1.44. The van der Waals surface area contributed by atoms with E-state index in [-0.39, 0.29) is 11.9 Å². The predicted octanol–water partition coefficient (Wildman–Crippen LogP) is 1.31. The Morgan fingerprint density at radius 1 is 1.24 bits per heavy atom. The molecule has 2 aliphatic heterocycles. The van der Waals surface area contributed by atoms with E-state index in [1.165, 1.54) is 18.2 Å². The molecule has 0 bridgehead atoms. The van der Waals surface area contributed by atoms with E-state index < -0.39 is 10.0 Å². The predicted molar refractivity (Wildman–Crippen MR) is 98.2 cm³/mol. The maximum atomic E-state index is 12.8. The molecule has 25 heavy (non-hydrogen) atoms. The lowest BCUT2D eigenvalue weighted by molar-refractivity contribution is 0.0711. The molecule has 0 spiro atoms. The van der Waals surface area contributed by atoms with Crippen molar-refractivity contribution >= 4 is 15.9 Å². The second-order valence-corrected chi connectivity index (χ2v) is 8.91. The van der Waals surface area contributed by atoms with Gasteiger partial charge in [0.2, 0.25) is 10.0 Å². The molecule has 0 aliphatic carbocycles. The van der Waals surface area contributed by atoms with Crippen LogP contribution in [0.4, 0.5) is 0 Å². The molecule has 2 aliphatic rings. The Bertz CT molecular complexity index is 706. The number of likely N-dealkylation sites (tertiary alicyclic amines) is 1. The molecule has 2 saturated heterocycles. The number of sulfonamides is 1. The molecule has 0 radical (unpaired) electrons. The lowest BCUT2D eigenvalue weighted by Crippen LogP contribution is -2.46. The number of hydrogen-bond acceptors (Lipinski definition) is 4. The topological polar surface area (TPSA) is 78.5 Å². The van der Waals surface area contributed by atoms with Crippen molar-refractivity contribution in [3.63, 3.8) is 0 Å². The number of carbonyl (C=O) groups excluding carboxylic acids is 1. The fourth-order valence-electron chi connectivity index (χ4n) is 3.75. The summed E-state index contributed by atoms with van der Waals surface area (Å²) in [5, 5.41) is 3.42. The van der Waals surface area contributed by atoms with Crippen molar-refractivity contribution in [2.75, 3.05) is 32.4 Å². The van der Waals surface area contributed by atoms with Gasteiger partial charge in [0.1, 0.15) is 0 Å². The summed E-state index contributed by atoms with van der Waals surface area (Å²) in [6.07, 6.45) is 4.82. The number of piperidine rings is 2. The average molecular weight is 365 g/mol. The molecule has 1 atom stereocenters. The van der Waals surface area contributed by atoms with Crippen LogP contribution in [0, 0.1) is 0 Å². The van der Waals surface area contributed by atoms with Crippen molar-refractivity contribution in [1.29, 1.82) is 0 Å². The number of hydrogen-bond donors (Lipinski definition) is 2. The molecule has 6 nitrogen and oxygen atoms in total. The summed E-state index contributed by atoms with van der Waals surface area (Å²) in [4.78, 5) is 14.6. The third-order valence-corrected chi connectivity index (χ3v) is 5.83. The van der Waals surface area contributed by atoms with Gasteiger partial charge in [0.05, 0.1) is 6.26 Å². The first kappa shape index (κ1) is 18.4. The molecule has 2 N–H and O–H groups in total. The summed E-state index contributed by atoms with van der Waals surface area (Å²) in [5.41, 5.74) is 1.96. The van der Waals surface area contributed by atoms with Crippen LogP contribution in [0.5, 0.6) is 0 Å². The normalized spacial score (nSPS) is 22.8. The summed E-state index contributed by atoms with van der Waals surface area (Å²) < 4.78 is 25.3. The third kappa shape index (κ3) is 5.03. The molecule has 1 aromatic carbocycles. The van der Waals surface area contributed by atoms with Crippen molar-refractivity contribution < 1.29 is 13.2 Å². The zero-order chi connectivity index (χ0) is 17.9. The van der Waals surface area contributed by atoms with Gasteiger partial charge in [-0.1, -0.05) is 12.1 Å². The largest absolute Gasteiger partial charge is 0.339 e. The van der Waals surface area contributed by atoms with Gasteiger partial charge in [-0.2, -0.15) is 0 Å². The van der Waals surface area contributed by atoms with Crippen LogP contribution >= 0.6 is 0 Å². The molecule has 1 amide bonds. The first-order valence-electron chi connectivity index (χ1n) is 8.99. The molecule has 2 heterocycles. The van der Waals surface area contributed by atoms with Crippen molar-refractivity contribution in [2.24, 2.45) is 0 Å². The van der Waals surface area contributed by atoms with Gasteiger partial charge in [-0.3, -0.25) is 4.79 Å². The number of carbonyl (C=O) groups is 1. The van der Waals surface area contributed by atoms with Gasteiger partial charge < -0.3 is 10.2 Å². The summed E-state index contributed by atoms with van der Waals surface area (Å²) in [6.45, 7) is 3.22. The van der Waals surface area contributed by atoms with Gasteiger partial charge in [0.25, 0.3) is 5.91 Å². The van der Waals surface area contributed by atoms with E-state index in [0.29, 0.717) is 31.8 Å². The number of nitrogens with one attached hydrogen (secondary N) is 2. The van der Waals surface area contributed by atoms with E-state index in [2.05, 4.69) is 16.1 Å². The van der Waals surface area contributed by atoms with Crippen molar-refractivity contribution in [3.05, 3.63) is 35.4 Å². The highest BCUT2D eigenvalue weighted by atomic mass is 32.2. The van der Waals surface area contributed by atoms with Gasteiger partial charge in [0, 0.05) is 31.2 Å². The second-order valence-electron chi connectivity index (χ2n) is 7.13. The average Bonchev–Trinajstić information content (AvgIpc) is 2.61. The van der Waals surface area contributed by atoms with E-state index >= 15 is 0 Å². The molecule has 1 unspecified atom stereocenters. The van der Waals surface area contributed by atoms with Crippen LogP contribution in [-0.4, -0.2) is 57.7 Å². The third-order valence-electron chi connectivity index (χ3n) is 5.06. The zero-order valence-corrected chi connectivity index (χ0v) is 15.5. The maximum absolute atomic E-state index is 12.8. The van der Waals surface area contributed by atoms with E-state index in [0.717, 1.165) is 25.1 Å². The number of nitrogens with zero attached hydrogens (tertiary/aromatic N) is 1. The molecule has 3 rings (SSSR count). The number of benzene rings is 1. The van der Waals surface area contributed by atoms with Crippen molar-refractivity contribution in [1.82, 2.24) is 14.9 Å². The summed E-state index contributed by atoms with van der Waals surface area (Å²) >= 11 is 0. The van der Waals surface area contributed by atoms with Gasteiger partial charge in [-0.25, -0.2) is 13.1 Å². The zero-order valence-electron chi connectivity index (χ0n) is 14.7. The Kier molecular flexibility index (Phi) is 5.76. The maximum Gasteiger partial charge on any atom is 0.253 e. The van der Waals surface area contributed by atoms with Gasteiger partial charge in [-0.15, -0.1) is 0 Å². The summed E-state index contributed by atoms with van der Waals surface area (Å²) in [5.74, 6) is 0.523. The fourth-order valence-corrected chi connectivity index (χ4v) is 4.59. The quantitative estimate of drug-likeness (QED) is 0.843. The van der Waals surface area contributed by atoms with Gasteiger partial charge in [0.15, 0.2) is 0 Å². The Morgan fingerprint density at radius 3 is 2.64 bits per heavy atom. The molecular formula is C18H27N3O3S. The lowest BCUT2D eigenvalue weighted by Gasteiger charge is -2.32. The van der Waals surface area contributed by atoms with Crippen molar-refractivity contribution in [3.8, 4) is 0 Å². The first-order chi connectivity index (χ1) is 11.9. The Labute approximate surface area is 150 Å².